The maximum Gasteiger partial charge on any atom is 0.254 e. The van der Waals surface area contributed by atoms with Gasteiger partial charge in [-0.1, -0.05) is 29.8 Å². The lowest BCUT2D eigenvalue weighted by atomic mass is 10.1. The number of ether oxygens (including phenoxy) is 1. The highest BCUT2D eigenvalue weighted by Gasteiger charge is 2.20. The number of hydrogen-bond acceptors (Lipinski definition) is 4. The molecule has 3 aromatic rings. The van der Waals surface area contributed by atoms with E-state index in [1.165, 1.54) is 13.4 Å². The molecule has 1 N–H and O–H groups in total. The summed E-state index contributed by atoms with van der Waals surface area (Å²) in [6, 6.07) is 15.6. The predicted molar refractivity (Wildman–Crippen MR) is 113 cm³/mol. The summed E-state index contributed by atoms with van der Waals surface area (Å²) in [5.41, 5.74) is 3.37. The van der Waals surface area contributed by atoms with Crippen molar-refractivity contribution < 1.29 is 17.9 Å². The smallest absolute Gasteiger partial charge is 0.254 e. The molecule has 0 aliphatic heterocycles. The molecule has 3 rings (SSSR count). The van der Waals surface area contributed by atoms with Crippen molar-refractivity contribution >= 4 is 27.3 Å². The number of carbonyl (C=O) groups is 1. The Balaban J connectivity index is 2.22. The first-order valence-corrected chi connectivity index (χ1v) is 11.0. The van der Waals surface area contributed by atoms with E-state index in [4.69, 9.17) is 16.3 Å². The number of hydrogen-bond donors (Lipinski definition) is 1. The minimum absolute atomic E-state index is 0.0866. The van der Waals surface area contributed by atoms with Crippen molar-refractivity contribution in [3.63, 3.8) is 0 Å². The van der Waals surface area contributed by atoms with Crippen LogP contribution in [0.4, 0.5) is 0 Å². The summed E-state index contributed by atoms with van der Waals surface area (Å²) in [5.74, 6) is -0.280. The second kappa shape index (κ2) is 8.41. The fraction of sp³-hybridized carbons (Fsp3) is 0.190. The molecule has 6 nitrogen and oxygen atoms in total. The van der Waals surface area contributed by atoms with Gasteiger partial charge in [0.1, 0.15) is 6.73 Å². The molecule has 152 valence electrons. The monoisotopic (exact) mass is 432 g/mol. The third-order valence-corrected chi connectivity index (χ3v) is 5.88. The molecule has 1 amide bonds. The van der Waals surface area contributed by atoms with Gasteiger partial charge in [0.15, 0.2) is 9.84 Å². The standard InChI is InChI=1S/C21H21ClN2O4S/c1-14-19(21(25)23-13-28-2)12-20(15-7-9-16(22)10-8-15)24(14)17-5-4-6-18(11-17)29(3,26)27/h4-12H,13H2,1-3H3,(H,23,25). The summed E-state index contributed by atoms with van der Waals surface area (Å²) < 4.78 is 30.8. The minimum Gasteiger partial charge on any atom is -0.364 e. The average Bonchev–Trinajstić information content (AvgIpc) is 3.03. The number of halogens is 1. The summed E-state index contributed by atoms with van der Waals surface area (Å²) in [4.78, 5) is 12.8. The van der Waals surface area contributed by atoms with E-state index in [1.54, 1.807) is 42.5 Å². The van der Waals surface area contributed by atoms with E-state index in [9.17, 15) is 13.2 Å². The van der Waals surface area contributed by atoms with Crippen LogP contribution in [0, 0.1) is 6.92 Å². The average molecular weight is 433 g/mol. The zero-order chi connectivity index (χ0) is 21.2. The Morgan fingerprint density at radius 1 is 1.14 bits per heavy atom. The van der Waals surface area contributed by atoms with E-state index >= 15 is 0 Å². The zero-order valence-electron chi connectivity index (χ0n) is 16.3. The molecule has 0 saturated carbocycles. The largest absolute Gasteiger partial charge is 0.364 e. The first-order valence-electron chi connectivity index (χ1n) is 8.78. The van der Waals surface area contributed by atoms with Crippen LogP contribution in [0.1, 0.15) is 16.1 Å². The van der Waals surface area contributed by atoms with Crippen molar-refractivity contribution in [3.8, 4) is 16.9 Å². The lowest BCUT2D eigenvalue weighted by Crippen LogP contribution is -2.25. The van der Waals surface area contributed by atoms with E-state index in [2.05, 4.69) is 5.32 Å². The van der Waals surface area contributed by atoms with E-state index in [1.807, 2.05) is 23.6 Å². The normalized spacial score (nSPS) is 11.4. The van der Waals surface area contributed by atoms with Gasteiger partial charge in [0.25, 0.3) is 5.91 Å². The molecular formula is C21H21ClN2O4S. The van der Waals surface area contributed by atoms with Crippen LogP contribution in [-0.4, -0.2) is 39.0 Å². The van der Waals surface area contributed by atoms with Crippen molar-refractivity contribution in [2.24, 2.45) is 0 Å². The van der Waals surface area contributed by atoms with Crippen LogP contribution in [0.15, 0.2) is 59.5 Å². The Hall–Kier alpha value is -2.61. The molecule has 0 bridgehead atoms. The molecule has 0 radical (unpaired) electrons. The van der Waals surface area contributed by atoms with E-state index < -0.39 is 9.84 Å². The Morgan fingerprint density at radius 2 is 1.83 bits per heavy atom. The van der Waals surface area contributed by atoms with Crippen LogP contribution >= 0.6 is 11.6 Å². The molecule has 29 heavy (non-hydrogen) atoms. The van der Waals surface area contributed by atoms with Gasteiger partial charge < -0.3 is 14.6 Å². The highest BCUT2D eigenvalue weighted by atomic mass is 35.5. The number of rotatable bonds is 6. The number of nitrogens with one attached hydrogen (secondary N) is 1. The molecule has 8 heteroatoms. The molecule has 2 aromatic carbocycles. The van der Waals surface area contributed by atoms with Crippen molar-refractivity contribution in [2.75, 3.05) is 20.1 Å². The first-order chi connectivity index (χ1) is 13.7. The van der Waals surface area contributed by atoms with Gasteiger partial charge in [-0.15, -0.1) is 0 Å². The highest BCUT2D eigenvalue weighted by molar-refractivity contribution is 7.90. The van der Waals surface area contributed by atoms with E-state index in [0.717, 1.165) is 11.3 Å². The number of amides is 1. The minimum atomic E-state index is -3.38. The van der Waals surface area contributed by atoms with Crippen molar-refractivity contribution in [2.45, 2.75) is 11.8 Å². The van der Waals surface area contributed by atoms with Gasteiger partial charge in [0.2, 0.25) is 0 Å². The number of methoxy groups -OCH3 is 1. The maximum absolute atomic E-state index is 12.6. The first kappa shape index (κ1) is 21.1. The van der Waals surface area contributed by atoms with Gasteiger partial charge in [-0.25, -0.2) is 8.42 Å². The number of benzene rings is 2. The SMILES string of the molecule is COCNC(=O)c1cc(-c2ccc(Cl)cc2)n(-c2cccc(S(C)(=O)=O)c2)c1C. The van der Waals surface area contributed by atoms with Crippen molar-refractivity contribution in [3.05, 3.63) is 70.9 Å². The summed E-state index contributed by atoms with van der Waals surface area (Å²) in [7, 11) is -1.88. The van der Waals surface area contributed by atoms with Crippen LogP contribution in [0.2, 0.25) is 5.02 Å². The maximum atomic E-state index is 12.6. The van der Waals surface area contributed by atoms with Gasteiger partial charge in [0.05, 0.1) is 16.2 Å². The predicted octanol–water partition coefficient (Wildman–Crippen LogP) is 3.84. The van der Waals surface area contributed by atoms with Crippen LogP contribution < -0.4 is 5.32 Å². The van der Waals surface area contributed by atoms with Gasteiger partial charge >= 0.3 is 0 Å². The van der Waals surface area contributed by atoms with Crippen LogP contribution in [-0.2, 0) is 14.6 Å². The van der Waals surface area contributed by atoms with Crippen molar-refractivity contribution in [1.82, 2.24) is 9.88 Å². The molecule has 1 aromatic heterocycles. The summed E-state index contributed by atoms with van der Waals surface area (Å²) in [5, 5.41) is 3.28. The second-order valence-corrected chi connectivity index (χ2v) is 9.03. The molecule has 0 atom stereocenters. The third kappa shape index (κ3) is 4.53. The molecule has 0 fully saturated rings. The highest BCUT2D eigenvalue weighted by Crippen LogP contribution is 2.31. The number of nitrogens with zero attached hydrogens (tertiary/aromatic N) is 1. The zero-order valence-corrected chi connectivity index (χ0v) is 17.8. The topological polar surface area (TPSA) is 77.4 Å². The van der Waals surface area contributed by atoms with E-state index in [0.29, 0.717) is 22.0 Å². The number of sulfone groups is 1. The summed E-state index contributed by atoms with van der Waals surface area (Å²) in [6.45, 7) is 1.90. The molecule has 0 saturated heterocycles. The fourth-order valence-electron chi connectivity index (χ4n) is 3.09. The third-order valence-electron chi connectivity index (χ3n) is 4.51. The van der Waals surface area contributed by atoms with Crippen LogP contribution in [0.5, 0.6) is 0 Å². The van der Waals surface area contributed by atoms with Crippen LogP contribution in [0.3, 0.4) is 0 Å². The summed E-state index contributed by atoms with van der Waals surface area (Å²) >= 11 is 6.02. The Bertz CT molecular complexity index is 1150. The van der Waals surface area contributed by atoms with E-state index in [-0.39, 0.29) is 17.5 Å². The van der Waals surface area contributed by atoms with Crippen molar-refractivity contribution in [1.29, 1.82) is 0 Å². The Kier molecular flexibility index (Phi) is 6.12. The molecule has 0 spiro atoms. The quantitative estimate of drug-likeness (QED) is 0.600. The Morgan fingerprint density at radius 3 is 2.45 bits per heavy atom. The number of carbonyl (C=O) groups excluding carboxylic acids is 1. The molecule has 1 heterocycles. The molecule has 0 aliphatic carbocycles. The fourth-order valence-corrected chi connectivity index (χ4v) is 3.88. The van der Waals surface area contributed by atoms with Gasteiger partial charge in [-0.3, -0.25) is 4.79 Å². The molecular weight excluding hydrogens is 412 g/mol. The van der Waals surface area contributed by atoms with Gasteiger partial charge in [-0.2, -0.15) is 0 Å². The van der Waals surface area contributed by atoms with Gasteiger partial charge in [0, 0.05) is 29.8 Å². The molecule has 0 unspecified atom stereocenters. The lowest BCUT2D eigenvalue weighted by Gasteiger charge is -2.13. The molecule has 0 aliphatic rings. The van der Waals surface area contributed by atoms with Crippen LogP contribution in [0.25, 0.3) is 16.9 Å². The lowest BCUT2D eigenvalue weighted by molar-refractivity contribution is 0.0871. The number of aromatic nitrogens is 1. The second-order valence-electron chi connectivity index (χ2n) is 6.58. The summed E-state index contributed by atoms with van der Waals surface area (Å²) in [6.07, 6.45) is 1.17. The Labute approximate surface area is 175 Å². The van der Waals surface area contributed by atoms with Gasteiger partial charge in [-0.05, 0) is 48.9 Å².